The van der Waals surface area contributed by atoms with E-state index >= 15 is 0 Å². The molecule has 0 spiro atoms. The number of carboxylic acid groups (broad SMARTS) is 1. The number of amides is 2. The summed E-state index contributed by atoms with van der Waals surface area (Å²) in [5, 5.41) is 13.2. The monoisotopic (exact) mass is 576 g/mol. The van der Waals surface area contributed by atoms with E-state index in [9.17, 15) is 19.1 Å². The lowest BCUT2D eigenvalue weighted by Crippen LogP contribution is -2.38. The number of nitrogens with zero attached hydrogens (tertiary/aromatic N) is 1. The zero-order valence-corrected chi connectivity index (χ0v) is 23.1. The minimum absolute atomic E-state index is 0.232. The normalized spacial score (nSPS) is 11.6. The molecule has 10 heteroatoms. The minimum Gasteiger partial charge on any atom is -0.492 e. The molecule has 0 saturated carbocycles. The first-order valence-corrected chi connectivity index (χ1v) is 13.3. The Kier molecular flexibility index (Phi) is 11.9. The molecule has 0 saturated heterocycles. The van der Waals surface area contributed by atoms with Crippen molar-refractivity contribution >= 4 is 40.9 Å². The number of carbonyl (C=O) groups is 2. The zero-order valence-electron chi connectivity index (χ0n) is 21.5. The SMILES string of the molecule is CCOC(Cc1ccc(OCCN(CCCc2cc(Cl)cc(Cl)c2)C(=O)Nc2ccc(F)cc2)cc1)C(=O)O. The highest BCUT2D eigenvalue weighted by molar-refractivity contribution is 6.34. The van der Waals surface area contributed by atoms with Crippen LogP contribution in [0, 0.1) is 5.82 Å². The van der Waals surface area contributed by atoms with Crippen molar-refractivity contribution in [3.05, 3.63) is 93.7 Å². The van der Waals surface area contributed by atoms with E-state index in [0.29, 0.717) is 54.0 Å². The van der Waals surface area contributed by atoms with Gasteiger partial charge in [-0.15, -0.1) is 0 Å². The number of carboxylic acids is 1. The van der Waals surface area contributed by atoms with Gasteiger partial charge in [-0.05, 0) is 85.5 Å². The molecule has 7 nitrogen and oxygen atoms in total. The van der Waals surface area contributed by atoms with E-state index in [1.165, 1.54) is 24.3 Å². The average Bonchev–Trinajstić information content (AvgIpc) is 2.89. The van der Waals surface area contributed by atoms with Crippen LogP contribution in [0.1, 0.15) is 24.5 Å². The number of hydrogen-bond acceptors (Lipinski definition) is 4. The number of rotatable bonds is 14. The van der Waals surface area contributed by atoms with E-state index in [2.05, 4.69) is 5.32 Å². The number of halogens is 3. The van der Waals surface area contributed by atoms with Gasteiger partial charge in [0.1, 0.15) is 18.2 Å². The van der Waals surface area contributed by atoms with Crippen molar-refractivity contribution in [1.29, 1.82) is 0 Å². The Morgan fingerprint density at radius 3 is 2.26 bits per heavy atom. The zero-order chi connectivity index (χ0) is 28.2. The first-order valence-electron chi connectivity index (χ1n) is 12.6. The number of aliphatic carboxylic acids is 1. The Morgan fingerprint density at radius 2 is 1.64 bits per heavy atom. The number of aryl methyl sites for hydroxylation is 1. The van der Waals surface area contributed by atoms with Gasteiger partial charge in [0.05, 0.1) is 6.54 Å². The van der Waals surface area contributed by atoms with Crippen LogP contribution in [0.5, 0.6) is 5.75 Å². The third-order valence-corrected chi connectivity index (χ3v) is 6.25. The van der Waals surface area contributed by atoms with Crippen molar-refractivity contribution in [2.24, 2.45) is 0 Å². The summed E-state index contributed by atoms with van der Waals surface area (Å²) in [6, 6.07) is 17.7. The molecule has 2 amide bonds. The number of carbonyl (C=O) groups excluding carboxylic acids is 1. The number of nitrogens with one attached hydrogen (secondary N) is 1. The molecule has 0 aliphatic carbocycles. The van der Waals surface area contributed by atoms with Crippen LogP contribution in [0.2, 0.25) is 10.0 Å². The lowest BCUT2D eigenvalue weighted by molar-refractivity contribution is -0.149. The van der Waals surface area contributed by atoms with Crippen molar-refractivity contribution in [2.75, 3.05) is 31.6 Å². The maximum Gasteiger partial charge on any atom is 0.333 e. The molecule has 0 aliphatic rings. The fourth-order valence-corrected chi connectivity index (χ4v) is 4.48. The van der Waals surface area contributed by atoms with Crippen molar-refractivity contribution < 1.29 is 28.6 Å². The third kappa shape index (κ3) is 10.4. The maximum atomic E-state index is 13.3. The van der Waals surface area contributed by atoms with Crippen molar-refractivity contribution in [3.8, 4) is 5.75 Å². The lowest BCUT2D eigenvalue weighted by Gasteiger charge is -2.23. The minimum atomic E-state index is -1.00. The van der Waals surface area contributed by atoms with Gasteiger partial charge in [0.15, 0.2) is 6.10 Å². The van der Waals surface area contributed by atoms with Crippen molar-refractivity contribution in [3.63, 3.8) is 0 Å². The Hall–Kier alpha value is -3.33. The average molecular weight is 577 g/mol. The summed E-state index contributed by atoms with van der Waals surface area (Å²) >= 11 is 12.2. The predicted octanol–water partition coefficient (Wildman–Crippen LogP) is 6.71. The van der Waals surface area contributed by atoms with Crippen molar-refractivity contribution in [2.45, 2.75) is 32.3 Å². The Bertz CT molecular complexity index is 1210. The van der Waals surface area contributed by atoms with Gasteiger partial charge in [-0.3, -0.25) is 0 Å². The van der Waals surface area contributed by atoms with Crippen LogP contribution in [-0.4, -0.2) is 54.4 Å². The quantitative estimate of drug-likeness (QED) is 0.222. The summed E-state index contributed by atoms with van der Waals surface area (Å²) in [5.41, 5.74) is 2.26. The fraction of sp³-hybridized carbons (Fsp3) is 0.310. The van der Waals surface area contributed by atoms with Gasteiger partial charge < -0.3 is 24.8 Å². The molecule has 0 heterocycles. The van der Waals surface area contributed by atoms with Crippen LogP contribution >= 0.6 is 23.2 Å². The summed E-state index contributed by atoms with van der Waals surface area (Å²) in [6.07, 6.45) is 0.672. The van der Waals surface area contributed by atoms with Crippen LogP contribution in [0.4, 0.5) is 14.9 Å². The van der Waals surface area contributed by atoms with Crippen LogP contribution < -0.4 is 10.1 Å². The number of benzene rings is 3. The van der Waals surface area contributed by atoms with Crippen molar-refractivity contribution in [1.82, 2.24) is 4.90 Å². The first kappa shape index (κ1) is 30.2. The largest absolute Gasteiger partial charge is 0.492 e. The van der Waals surface area contributed by atoms with E-state index in [0.717, 1.165) is 11.1 Å². The van der Waals surface area contributed by atoms with Gasteiger partial charge in [0, 0.05) is 35.3 Å². The van der Waals surface area contributed by atoms with Crippen LogP contribution in [0.3, 0.4) is 0 Å². The molecule has 208 valence electrons. The van der Waals surface area contributed by atoms with E-state index < -0.39 is 12.1 Å². The van der Waals surface area contributed by atoms with Crippen LogP contribution in [0.15, 0.2) is 66.7 Å². The molecule has 1 unspecified atom stereocenters. The summed E-state index contributed by atoms with van der Waals surface area (Å²) in [4.78, 5) is 26.0. The van der Waals surface area contributed by atoms with E-state index in [4.69, 9.17) is 32.7 Å². The summed E-state index contributed by atoms with van der Waals surface area (Å²) in [7, 11) is 0. The number of hydrogen-bond donors (Lipinski definition) is 2. The van der Waals surface area contributed by atoms with Gasteiger partial charge in [0.25, 0.3) is 0 Å². The van der Waals surface area contributed by atoms with Crippen LogP contribution in [-0.2, 0) is 22.4 Å². The fourth-order valence-electron chi connectivity index (χ4n) is 3.91. The Labute approximate surface area is 237 Å². The second-order valence-electron chi connectivity index (χ2n) is 8.78. The highest BCUT2D eigenvalue weighted by Crippen LogP contribution is 2.20. The molecular formula is C29H31Cl2FN2O5. The molecule has 3 aromatic carbocycles. The number of anilines is 1. The molecule has 0 radical (unpaired) electrons. The standard InChI is InChI=1S/C29H31Cl2FN2O5/c1-2-38-27(28(35)36)18-20-5-11-26(12-6-20)39-15-14-34(29(37)33-25-9-7-24(32)8-10-25)13-3-4-21-16-22(30)19-23(31)17-21/h5-12,16-17,19,27H,2-4,13-15,18H2,1H3,(H,33,37)(H,35,36). The van der Waals surface area contributed by atoms with E-state index in [-0.39, 0.29) is 24.9 Å². The topological polar surface area (TPSA) is 88.1 Å². The van der Waals surface area contributed by atoms with E-state index in [1.807, 2.05) is 12.1 Å². The molecule has 3 rings (SSSR count). The molecule has 1 atom stereocenters. The van der Waals surface area contributed by atoms with Gasteiger partial charge in [0.2, 0.25) is 0 Å². The molecule has 0 aromatic heterocycles. The second-order valence-corrected chi connectivity index (χ2v) is 9.66. The van der Waals surface area contributed by atoms with Gasteiger partial charge >= 0.3 is 12.0 Å². The van der Waals surface area contributed by atoms with Gasteiger partial charge in [-0.2, -0.15) is 0 Å². The molecular weight excluding hydrogens is 546 g/mol. The van der Waals surface area contributed by atoms with Crippen LogP contribution in [0.25, 0.3) is 0 Å². The Balaban J connectivity index is 1.58. The number of ether oxygens (including phenoxy) is 2. The molecule has 39 heavy (non-hydrogen) atoms. The second kappa shape index (κ2) is 15.3. The first-order chi connectivity index (χ1) is 18.7. The molecule has 3 aromatic rings. The van der Waals surface area contributed by atoms with E-state index in [1.54, 1.807) is 42.2 Å². The molecule has 2 N–H and O–H groups in total. The highest BCUT2D eigenvalue weighted by atomic mass is 35.5. The predicted molar refractivity (Wildman–Crippen MR) is 150 cm³/mol. The molecule has 0 bridgehead atoms. The number of urea groups is 1. The highest BCUT2D eigenvalue weighted by Gasteiger charge is 2.18. The summed E-state index contributed by atoms with van der Waals surface area (Å²) in [6.45, 7) is 3.04. The van der Waals surface area contributed by atoms with Gasteiger partial charge in [-0.25, -0.2) is 14.0 Å². The molecule has 0 aliphatic heterocycles. The smallest absolute Gasteiger partial charge is 0.333 e. The summed E-state index contributed by atoms with van der Waals surface area (Å²) < 4.78 is 24.4. The van der Waals surface area contributed by atoms with Gasteiger partial charge in [-0.1, -0.05) is 35.3 Å². The molecule has 0 fully saturated rings. The maximum absolute atomic E-state index is 13.3. The lowest BCUT2D eigenvalue weighted by atomic mass is 10.1. The Morgan fingerprint density at radius 1 is 0.974 bits per heavy atom. The third-order valence-electron chi connectivity index (χ3n) is 5.82. The summed E-state index contributed by atoms with van der Waals surface area (Å²) in [5.74, 6) is -0.801.